The fraction of sp³-hybridized carbons (Fsp3) is 0.308. The summed E-state index contributed by atoms with van der Waals surface area (Å²) in [7, 11) is 1.80. The summed E-state index contributed by atoms with van der Waals surface area (Å²) in [6.07, 6.45) is 1.83. The lowest BCUT2D eigenvalue weighted by Gasteiger charge is -2.27. The number of hydrogen-bond donors (Lipinski definition) is 1. The van der Waals surface area contributed by atoms with Gasteiger partial charge in [-0.05, 0) is 17.7 Å². The highest BCUT2D eigenvalue weighted by molar-refractivity contribution is 6.32. The second-order valence-electron chi connectivity index (χ2n) is 4.49. The number of nitrogens with zero attached hydrogens (tertiary/aromatic N) is 2. The number of hydrogen-bond acceptors (Lipinski definition) is 4. The SMILES string of the molecule is Cn1ncc(-c2ccc(OC3COC3)c(Cl)c2)c1N. The first kappa shape index (κ1) is 12.3. The zero-order valence-corrected chi connectivity index (χ0v) is 11.2. The molecule has 1 aliphatic heterocycles. The third-order valence-electron chi connectivity index (χ3n) is 3.13. The van der Waals surface area contributed by atoms with E-state index in [-0.39, 0.29) is 6.10 Å². The lowest BCUT2D eigenvalue weighted by molar-refractivity contribution is -0.0796. The Morgan fingerprint density at radius 1 is 1.47 bits per heavy atom. The van der Waals surface area contributed by atoms with Crippen LogP contribution in [0.3, 0.4) is 0 Å². The van der Waals surface area contributed by atoms with Gasteiger partial charge < -0.3 is 15.2 Å². The molecule has 6 heteroatoms. The van der Waals surface area contributed by atoms with Crippen LogP contribution in [0, 0.1) is 0 Å². The van der Waals surface area contributed by atoms with Gasteiger partial charge in [0.1, 0.15) is 17.7 Å². The van der Waals surface area contributed by atoms with Gasteiger partial charge in [-0.2, -0.15) is 5.10 Å². The van der Waals surface area contributed by atoms with Gasteiger partial charge in [0.15, 0.2) is 0 Å². The van der Waals surface area contributed by atoms with Gasteiger partial charge in [-0.15, -0.1) is 0 Å². The highest BCUT2D eigenvalue weighted by Crippen LogP contribution is 2.33. The van der Waals surface area contributed by atoms with Crippen LogP contribution in [0.5, 0.6) is 5.75 Å². The van der Waals surface area contributed by atoms with Crippen LogP contribution in [0.2, 0.25) is 5.02 Å². The van der Waals surface area contributed by atoms with Crippen LogP contribution >= 0.6 is 11.6 Å². The number of rotatable bonds is 3. The van der Waals surface area contributed by atoms with E-state index in [1.807, 2.05) is 18.2 Å². The van der Waals surface area contributed by atoms with E-state index in [0.29, 0.717) is 29.8 Å². The van der Waals surface area contributed by atoms with Crippen molar-refractivity contribution < 1.29 is 9.47 Å². The van der Waals surface area contributed by atoms with E-state index in [9.17, 15) is 0 Å². The predicted molar refractivity (Wildman–Crippen MR) is 73.3 cm³/mol. The van der Waals surface area contributed by atoms with Crippen LogP contribution in [-0.2, 0) is 11.8 Å². The third kappa shape index (κ3) is 2.27. The first-order valence-corrected chi connectivity index (χ1v) is 6.35. The summed E-state index contributed by atoms with van der Waals surface area (Å²) in [5, 5.41) is 4.68. The van der Waals surface area contributed by atoms with Gasteiger partial charge >= 0.3 is 0 Å². The van der Waals surface area contributed by atoms with Gasteiger partial charge in [-0.25, -0.2) is 0 Å². The van der Waals surface area contributed by atoms with Crippen molar-refractivity contribution in [1.29, 1.82) is 0 Å². The summed E-state index contributed by atoms with van der Waals surface area (Å²) in [5.41, 5.74) is 7.73. The van der Waals surface area contributed by atoms with Crippen molar-refractivity contribution in [3.8, 4) is 16.9 Å². The number of benzene rings is 1. The fourth-order valence-corrected chi connectivity index (χ4v) is 2.12. The molecule has 0 bridgehead atoms. The molecule has 19 heavy (non-hydrogen) atoms. The lowest BCUT2D eigenvalue weighted by atomic mass is 10.1. The maximum atomic E-state index is 6.23. The van der Waals surface area contributed by atoms with Gasteiger partial charge in [-0.1, -0.05) is 17.7 Å². The summed E-state index contributed by atoms with van der Waals surface area (Å²) in [6, 6.07) is 5.61. The second kappa shape index (κ2) is 4.75. The minimum Gasteiger partial charge on any atom is -0.484 e. The van der Waals surface area contributed by atoms with Crippen LogP contribution in [0.4, 0.5) is 5.82 Å². The molecule has 1 saturated heterocycles. The summed E-state index contributed by atoms with van der Waals surface area (Å²) in [5.74, 6) is 1.28. The molecule has 1 aromatic heterocycles. The van der Waals surface area contributed by atoms with Crippen molar-refractivity contribution >= 4 is 17.4 Å². The first-order valence-electron chi connectivity index (χ1n) is 5.97. The highest BCUT2D eigenvalue weighted by atomic mass is 35.5. The van der Waals surface area contributed by atoms with E-state index in [1.165, 1.54) is 0 Å². The molecule has 1 fully saturated rings. The average Bonchev–Trinajstić information content (AvgIpc) is 2.66. The highest BCUT2D eigenvalue weighted by Gasteiger charge is 2.21. The fourth-order valence-electron chi connectivity index (χ4n) is 1.90. The van der Waals surface area contributed by atoms with E-state index in [0.717, 1.165) is 11.1 Å². The molecule has 0 spiro atoms. The summed E-state index contributed by atoms with van der Waals surface area (Å²) < 4.78 is 12.4. The van der Waals surface area contributed by atoms with Crippen molar-refractivity contribution in [2.45, 2.75) is 6.10 Å². The molecule has 0 radical (unpaired) electrons. The van der Waals surface area contributed by atoms with Crippen molar-refractivity contribution in [2.24, 2.45) is 7.05 Å². The van der Waals surface area contributed by atoms with Crippen LogP contribution in [0.25, 0.3) is 11.1 Å². The molecule has 3 rings (SSSR count). The number of nitrogen functional groups attached to an aromatic ring is 1. The quantitative estimate of drug-likeness (QED) is 0.935. The minimum absolute atomic E-state index is 0.104. The second-order valence-corrected chi connectivity index (χ2v) is 4.90. The van der Waals surface area contributed by atoms with Crippen molar-refractivity contribution in [2.75, 3.05) is 18.9 Å². The smallest absolute Gasteiger partial charge is 0.145 e. The average molecular weight is 280 g/mol. The zero-order chi connectivity index (χ0) is 13.4. The molecule has 0 aliphatic carbocycles. The Balaban J connectivity index is 1.88. The van der Waals surface area contributed by atoms with E-state index < -0.39 is 0 Å². The van der Waals surface area contributed by atoms with E-state index in [1.54, 1.807) is 17.9 Å². The summed E-state index contributed by atoms with van der Waals surface area (Å²) in [4.78, 5) is 0. The van der Waals surface area contributed by atoms with Gasteiger partial charge in [0, 0.05) is 12.6 Å². The van der Waals surface area contributed by atoms with E-state index >= 15 is 0 Å². The number of aryl methyl sites for hydroxylation is 1. The lowest BCUT2D eigenvalue weighted by Crippen LogP contribution is -2.38. The number of ether oxygens (including phenoxy) is 2. The molecule has 0 saturated carbocycles. The van der Waals surface area contributed by atoms with Gasteiger partial charge in [0.05, 0.1) is 24.4 Å². The predicted octanol–water partition coefficient (Wildman–Crippen LogP) is 2.10. The Morgan fingerprint density at radius 3 is 2.79 bits per heavy atom. The number of halogens is 1. The Labute approximate surface area is 115 Å². The van der Waals surface area contributed by atoms with E-state index in [4.69, 9.17) is 26.8 Å². The molecular formula is C13H14ClN3O2. The monoisotopic (exact) mass is 279 g/mol. The molecule has 1 aliphatic rings. The van der Waals surface area contributed by atoms with Crippen molar-refractivity contribution in [3.05, 3.63) is 29.4 Å². The summed E-state index contributed by atoms with van der Waals surface area (Å²) >= 11 is 6.23. The molecule has 2 N–H and O–H groups in total. The molecule has 0 atom stereocenters. The van der Waals surface area contributed by atoms with Crippen molar-refractivity contribution in [1.82, 2.24) is 9.78 Å². The normalized spacial score (nSPS) is 15.3. The molecule has 0 amide bonds. The zero-order valence-electron chi connectivity index (χ0n) is 10.5. The Morgan fingerprint density at radius 2 is 2.26 bits per heavy atom. The Bertz CT molecular complexity index is 608. The maximum absolute atomic E-state index is 6.23. The maximum Gasteiger partial charge on any atom is 0.145 e. The van der Waals surface area contributed by atoms with Gasteiger partial charge in [0.2, 0.25) is 0 Å². The molecule has 1 aromatic carbocycles. The minimum atomic E-state index is 0.104. The van der Waals surface area contributed by atoms with Crippen LogP contribution in [-0.4, -0.2) is 29.1 Å². The molecule has 0 unspecified atom stereocenters. The van der Waals surface area contributed by atoms with Gasteiger partial charge in [0.25, 0.3) is 0 Å². The molecule has 2 aromatic rings. The number of nitrogens with two attached hydrogens (primary N) is 1. The topological polar surface area (TPSA) is 62.3 Å². The van der Waals surface area contributed by atoms with Crippen LogP contribution in [0.1, 0.15) is 0 Å². The Kier molecular flexibility index (Phi) is 3.08. The first-order chi connectivity index (χ1) is 9.15. The number of aromatic nitrogens is 2. The summed E-state index contributed by atoms with van der Waals surface area (Å²) in [6.45, 7) is 1.24. The standard InChI is InChI=1S/C13H14ClN3O2/c1-17-13(15)10(5-16-17)8-2-3-12(11(14)4-8)19-9-6-18-7-9/h2-5,9H,6-7,15H2,1H3. The molecular weight excluding hydrogens is 266 g/mol. The number of anilines is 1. The molecule has 2 heterocycles. The van der Waals surface area contributed by atoms with Crippen LogP contribution in [0.15, 0.2) is 24.4 Å². The van der Waals surface area contributed by atoms with E-state index in [2.05, 4.69) is 5.10 Å². The van der Waals surface area contributed by atoms with Crippen LogP contribution < -0.4 is 10.5 Å². The Hall–Kier alpha value is -1.72. The largest absolute Gasteiger partial charge is 0.484 e. The third-order valence-corrected chi connectivity index (χ3v) is 3.42. The van der Waals surface area contributed by atoms with Gasteiger partial charge in [-0.3, -0.25) is 4.68 Å². The molecule has 5 nitrogen and oxygen atoms in total. The van der Waals surface area contributed by atoms with Crippen molar-refractivity contribution in [3.63, 3.8) is 0 Å². The molecule has 100 valence electrons.